The van der Waals surface area contributed by atoms with Crippen LogP contribution in [-0.4, -0.2) is 19.9 Å². The molecule has 2 nitrogen and oxygen atoms in total. The molecule has 182 valence electrons. The molecule has 0 bridgehead atoms. The minimum atomic E-state index is -4.39. The quantitative estimate of drug-likeness (QED) is 0.238. The second-order valence-electron chi connectivity index (χ2n) is 8.27. The molecule has 4 aromatic rings. The van der Waals surface area contributed by atoms with E-state index in [0.717, 1.165) is 11.1 Å². The number of aryl methyl sites for hydroxylation is 2. The highest BCUT2D eigenvalue weighted by atomic mass is 19.4. The van der Waals surface area contributed by atoms with Gasteiger partial charge in [-0.1, -0.05) is 48.5 Å². The van der Waals surface area contributed by atoms with Crippen LogP contribution >= 0.6 is 0 Å². The van der Waals surface area contributed by atoms with Gasteiger partial charge in [0.2, 0.25) is 0 Å². The molecule has 0 N–H and O–H groups in total. The van der Waals surface area contributed by atoms with Crippen molar-refractivity contribution in [1.82, 2.24) is 0 Å². The predicted molar refractivity (Wildman–Crippen MR) is 125 cm³/mol. The van der Waals surface area contributed by atoms with Crippen LogP contribution in [0, 0.1) is 11.6 Å². The first kappa shape index (κ1) is 24.7. The number of hydrogen-bond acceptors (Lipinski definition) is 2. The lowest BCUT2D eigenvalue weighted by molar-refractivity contribution is -0.153. The zero-order chi connectivity index (χ0) is 25.0. The molecule has 0 aromatic heterocycles. The van der Waals surface area contributed by atoms with Crippen molar-refractivity contribution in [3.63, 3.8) is 0 Å². The Labute approximate surface area is 199 Å². The second-order valence-corrected chi connectivity index (χ2v) is 8.27. The number of ether oxygens (including phenoxy) is 2. The van der Waals surface area contributed by atoms with E-state index in [-0.39, 0.29) is 17.4 Å². The molecule has 7 heteroatoms. The van der Waals surface area contributed by atoms with Crippen LogP contribution in [0.15, 0.2) is 72.8 Å². The summed E-state index contributed by atoms with van der Waals surface area (Å²) in [5.41, 5.74) is 3.19. The van der Waals surface area contributed by atoms with Crippen LogP contribution in [0.2, 0.25) is 0 Å². The van der Waals surface area contributed by atoms with Gasteiger partial charge in [-0.25, -0.2) is 8.78 Å². The van der Waals surface area contributed by atoms with Crippen LogP contribution in [0.3, 0.4) is 0 Å². The van der Waals surface area contributed by atoms with Gasteiger partial charge >= 0.3 is 6.18 Å². The molecule has 0 saturated carbocycles. The van der Waals surface area contributed by atoms with Gasteiger partial charge in [0.1, 0.15) is 17.4 Å². The van der Waals surface area contributed by atoms with Crippen molar-refractivity contribution in [1.29, 1.82) is 0 Å². The smallest absolute Gasteiger partial charge is 0.422 e. The van der Waals surface area contributed by atoms with Crippen molar-refractivity contribution in [2.24, 2.45) is 0 Å². The molecule has 0 aliphatic carbocycles. The molecule has 4 rings (SSSR count). The lowest BCUT2D eigenvalue weighted by Gasteiger charge is -2.11. The van der Waals surface area contributed by atoms with E-state index in [0.29, 0.717) is 46.9 Å². The SMILES string of the molecule is COCc1ccc(-c2ccc3c(F)c(CCc4ccc(OCC(F)(F)F)cc4)ccc3c2)c(F)c1. The molecule has 0 amide bonds. The first-order valence-electron chi connectivity index (χ1n) is 11.0. The summed E-state index contributed by atoms with van der Waals surface area (Å²) in [6, 6.07) is 19.8. The third kappa shape index (κ3) is 6.17. The average molecular weight is 486 g/mol. The van der Waals surface area contributed by atoms with E-state index >= 15 is 4.39 Å². The Morgan fingerprint density at radius 2 is 1.51 bits per heavy atom. The van der Waals surface area contributed by atoms with Crippen molar-refractivity contribution in [3.05, 3.63) is 101 Å². The lowest BCUT2D eigenvalue weighted by Crippen LogP contribution is -2.19. The van der Waals surface area contributed by atoms with Crippen LogP contribution in [-0.2, 0) is 24.2 Å². The van der Waals surface area contributed by atoms with Crippen molar-refractivity contribution < 1.29 is 31.4 Å². The summed E-state index contributed by atoms with van der Waals surface area (Å²) in [6.45, 7) is -1.03. The molecule has 0 heterocycles. The fourth-order valence-electron chi connectivity index (χ4n) is 3.94. The van der Waals surface area contributed by atoms with Crippen LogP contribution in [0.25, 0.3) is 21.9 Å². The van der Waals surface area contributed by atoms with E-state index in [9.17, 15) is 17.6 Å². The first-order valence-corrected chi connectivity index (χ1v) is 11.0. The van der Waals surface area contributed by atoms with E-state index < -0.39 is 12.8 Å². The number of benzene rings is 4. The maximum Gasteiger partial charge on any atom is 0.422 e. The van der Waals surface area contributed by atoms with Crippen LogP contribution < -0.4 is 4.74 Å². The van der Waals surface area contributed by atoms with E-state index in [1.165, 1.54) is 18.2 Å². The molecule has 0 atom stereocenters. The Bertz CT molecular complexity index is 1310. The molecular weight excluding hydrogens is 463 g/mol. The van der Waals surface area contributed by atoms with E-state index in [1.54, 1.807) is 55.6 Å². The molecule has 0 fully saturated rings. The van der Waals surface area contributed by atoms with E-state index in [2.05, 4.69) is 0 Å². The molecule has 0 radical (unpaired) electrons. The Morgan fingerprint density at radius 3 is 2.20 bits per heavy atom. The van der Waals surface area contributed by atoms with Gasteiger partial charge in [0.25, 0.3) is 0 Å². The maximum atomic E-state index is 15.2. The third-order valence-corrected chi connectivity index (χ3v) is 5.70. The Balaban J connectivity index is 1.47. The Kier molecular flexibility index (Phi) is 7.36. The second kappa shape index (κ2) is 10.4. The molecule has 35 heavy (non-hydrogen) atoms. The summed E-state index contributed by atoms with van der Waals surface area (Å²) < 4.78 is 76.3. The summed E-state index contributed by atoms with van der Waals surface area (Å²) in [6.07, 6.45) is -3.46. The largest absolute Gasteiger partial charge is 0.484 e. The predicted octanol–water partition coefficient (Wildman–Crippen LogP) is 7.66. The highest BCUT2D eigenvalue weighted by molar-refractivity contribution is 5.88. The summed E-state index contributed by atoms with van der Waals surface area (Å²) in [7, 11) is 1.55. The molecule has 0 saturated heterocycles. The van der Waals surface area contributed by atoms with Gasteiger partial charge in [-0.3, -0.25) is 0 Å². The molecular formula is C28H23F5O2. The molecule has 0 aliphatic heterocycles. The fraction of sp³-hybridized carbons (Fsp3) is 0.214. The first-order chi connectivity index (χ1) is 16.7. The van der Waals surface area contributed by atoms with Crippen molar-refractivity contribution in [2.45, 2.75) is 25.6 Å². The zero-order valence-corrected chi connectivity index (χ0v) is 19.0. The maximum absolute atomic E-state index is 15.2. The minimum absolute atomic E-state index is 0.128. The normalized spacial score (nSPS) is 11.7. The van der Waals surface area contributed by atoms with Gasteiger partial charge in [0.05, 0.1) is 6.61 Å². The molecule has 0 spiro atoms. The number of methoxy groups -OCH3 is 1. The standard InChI is InChI=1S/C28H23F5O2/c1-34-16-19-5-12-24(26(29)14-19)21-9-13-25-22(15-21)8-7-20(27(25)30)6-2-18-3-10-23(11-4-18)35-17-28(31,32)33/h3-5,7-15H,2,6,16-17H2,1H3. The zero-order valence-electron chi connectivity index (χ0n) is 19.0. The van der Waals surface area contributed by atoms with Crippen LogP contribution in [0.4, 0.5) is 22.0 Å². The van der Waals surface area contributed by atoms with Crippen LogP contribution in [0.1, 0.15) is 16.7 Å². The van der Waals surface area contributed by atoms with Gasteiger partial charge in [0.15, 0.2) is 6.61 Å². The van der Waals surface area contributed by atoms with Crippen molar-refractivity contribution in [3.8, 4) is 16.9 Å². The fourth-order valence-corrected chi connectivity index (χ4v) is 3.94. The average Bonchev–Trinajstić information content (AvgIpc) is 2.83. The van der Waals surface area contributed by atoms with Gasteiger partial charge < -0.3 is 9.47 Å². The highest BCUT2D eigenvalue weighted by Gasteiger charge is 2.28. The number of hydrogen-bond donors (Lipinski definition) is 0. The topological polar surface area (TPSA) is 18.5 Å². The number of halogens is 5. The van der Waals surface area contributed by atoms with Crippen LogP contribution in [0.5, 0.6) is 5.75 Å². The van der Waals surface area contributed by atoms with Crippen molar-refractivity contribution >= 4 is 10.8 Å². The number of fused-ring (bicyclic) bond motifs is 1. The van der Waals surface area contributed by atoms with Gasteiger partial charge in [0, 0.05) is 18.1 Å². The van der Waals surface area contributed by atoms with E-state index in [1.807, 2.05) is 6.07 Å². The van der Waals surface area contributed by atoms with Gasteiger partial charge in [-0.05, 0) is 64.7 Å². The third-order valence-electron chi connectivity index (χ3n) is 5.70. The lowest BCUT2D eigenvalue weighted by atomic mass is 9.96. The van der Waals surface area contributed by atoms with Gasteiger partial charge in [-0.15, -0.1) is 0 Å². The number of rotatable bonds is 8. The summed E-state index contributed by atoms with van der Waals surface area (Å²) in [5.74, 6) is -0.579. The summed E-state index contributed by atoms with van der Waals surface area (Å²) >= 11 is 0. The Morgan fingerprint density at radius 1 is 0.771 bits per heavy atom. The minimum Gasteiger partial charge on any atom is -0.484 e. The monoisotopic (exact) mass is 486 g/mol. The summed E-state index contributed by atoms with van der Waals surface area (Å²) in [4.78, 5) is 0. The summed E-state index contributed by atoms with van der Waals surface area (Å²) in [5, 5.41) is 1.11. The number of alkyl halides is 3. The molecule has 0 unspecified atom stereocenters. The van der Waals surface area contributed by atoms with E-state index in [4.69, 9.17) is 9.47 Å². The van der Waals surface area contributed by atoms with Gasteiger partial charge in [-0.2, -0.15) is 13.2 Å². The molecule has 0 aliphatic rings. The molecule has 4 aromatic carbocycles. The Hall–Kier alpha value is -3.45. The highest BCUT2D eigenvalue weighted by Crippen LogP contribution is 2.30. The van der Waals surface area contributed by atoms with Crippen molar-refractivity contribution in [2.75, 3.05) is 13.7 Å².